The Bertz CT molecular complexity index is 488. The van der Waals surface area contributed by atoms with Gasteiger partial charge in [-0.05, 0) is 18.1 Å². The van der Waals surface area contributed by atoms with Gasteiger partial charge in [-0.25, -0.2) is 0 Å². The highest BCUT2D eigenvalue weighted by molar-refractivity contribution is 5.96. The molecule has 1 rings (SSSR count). The van der Waals surface area contributed by atoms with Gasteiger partial charge < -0.3 is 15.7 Å². The van der Waals surface area contributed by atoms with E-state index < -0.39 is 5.97 Å². The van der Waals surface area contributed by atoms with Gasteiger partial charge in [0, 0.05) is 18.5 Å². The molecule has 0 aliphatic heterocycles. The number of aliphatic carboxylic acids is 1. The van der Waals surface area contributed by atoms with Gasteiger partial charge in [0.1, 0.15) is 0 Å². The number of hydrogen-bond donors (Lipinski definition) is 3. The summed E-state index contributed by atoms with van der Waals surface area (Å²) in [6, 6.07) is 8.61. The smallest absolute Gasteiger partial charge is 0.303 e. The van der Waals surface area contributed by atoms with Crippen molar-refractivity contribution in [3.63, 3.8) is 0 Å². The van der Waals surface area contributed by atoms with Gasteiger partial charge in [0.2, 0.25) is 5.91 Å². The number of rotatable bonds is 8. The molecule has 0 aromatic heterocycles. The van der Waals surface area contributed by atoms with Gasteiger partial charge in [0.25, 0.3) is 5.91 Å². The average Bonchev–Trinajstić information content (AvgIpc) is 2.49. The van der Waals surface area contributed by atoms with Crippen LogP contribution in [-0.4, -0.2) is 36.0 Å². The van der Waals surface area contributed by atoms with Crippen LogP contribution in [0, 0.1) is 5.92 Å². The molecule has 0 saturated carbocycles. The Hall–Kier alpha value is -2.37. The van der Waals surface area contributed by atoms with E-state index in [1.165, 1.54) is 0 Å². The molecule has 0 aliphatic rings. The number of benzene rings is 1. The van der Waals surface area contributed by atoms with E-state index >= 15 is 0 Å². The van der Waals surface area contributed by atoms with Crippen LogP contribution in [0.15, 0.2) is 30.3 Å². The molecule has 0 aliphatic carbocycles. The van der Waals surface area contributed by atoms with Crippen LogP contribution in [0.3, 0.4) is 0 Å². The van der Waals surface area contributed by atoms with E-state index in [-0.39, 0.29) is 30.7 Å². The predicted octanol–water partition coefficient (Wildman–Crippen LogP) is 1.03. The summed E-state index contributed by atoms with van der Waals surface area (Å²) in [6.45, 7) is 2.04. The Morgan fingerprint density at radius 3 is 2.38 bits per heavy atom. The highest BCUT2D eigenvalue weighted by Gasteiger charge is 2.13. The van der Waals surface area contributed by atoms with Crippen molar-refractivity contribution in [1.82, 2.24) is 10.6 Å². The zero-order valence-electron chi connectivity index (χ0n) is 12.0. The number of carbonyl (C=O) groups excluding carboxylic acids is 2. The lowest BCUT2D eigenvalue weighted by atomic mass is 10.0. The molecule has 1 aromatic rings. The number of amides is 2. The van der Waals surface area contributed by atoms with E-state index in [0.29, 0.717) is 18.5 Å². The molecule has 0 heterocycles. The van der Waals surface area contributed by atoms with Gasteiger partial charge in [0.05, 0.1) is 6.54 Å². The molecule has 6 heteroatoms. The van der Waals surface area contributed by atoms with Crippen molar-refractivity contribution in [1.29, 1.82) is 0 Å². The largest absolute Gasteiger partial charge is 0.481 e. The summed E-state index contributed by atoms with van der Waals surface area (Å²) < 4.78 is 0. The number of carboxylic acids is 1. The molecule has 0 radical (unpaired) electrons. The standard InChI is InChI=1S/C15H20N2O4/c1-2-11(8-14(19)20)9-16-13(18)10-17-15(21)12-6-4-3-5-7-12/h3-7,11H,2,8-10H2,1H3,(H,16,18)(H,17,21)(H,19,20). The van der Waals surface area contributed by atoms with Crippen LogP contribution in [0.1, 0.15) is 30.1 Å². The van der Waals surface area contributed by atoms with Crippen molar-refractivity contribution in [2.45, 2.75) is 19.8 Å². The van der Waals surface area contributed by atoms with Crippen LogP contribution in [0.25, 0.3) is 0 Å². The van der Waals surface area contributed by atoms with Crippen molar-refractivity contribution in [3.8, 4) is 0 Å². The van der Waals surface area contributed by atoms with E-state index in [1.54, 1.807) is 30.3 Å². The Kier molecular flexibility index (Phi) is 6.94. The monoisotopic (exact) mass is 292 g/mol. The second-order valence-electron chi connectivity index (χ2n) is 4.72. The Balaban J connectivity index is 2.31. The molecule has 3 N–H and O–H groups in total. The summed E-state index contributed by atoms with van der Waals surface area (Å²) in [6.07, 6.45) is 0.691. The van der Waals surface area contributed by atoms with E-state index in [0.717, 1.165) is 0 Å². The fraction of sp³-hybridized carbons (Fsp3) is 0.400. The van der Waals surface area contributed by atoms with Gasteiger partial charge in [-0.3, -0.25) is 14.4 Å². The molecule has 1 unspecified atom stereocenters. The van der Waals surface area contributed by atoms with Crippen molar-refractivity contribution in [2.24, 2.45) is 5.92 Å². The van der Waals surface area contributed by atoms with Crippen molar-refractivity contribution >= 4 is 17.8 Å². The molecule has 114 valence electrons. The first kappa shape index (κ1) is 16.7. The SMILES string of the molecule is CCC(CNC(=O)CNC(=O)c1ccccc1)CC(=O)O. The first-order chi connectivity index (χ1) is 10.0. The second-order valence-corrected chi connectivity index (χ2v) is 4.72. The number of nitrogens with one attached hydrogen (secondary N) is 2. The summed E-state index contributed by atoms with van der Waals surface area (Å²) in [7, 11) is 0. The third-order valence-electron chi connectivity index (χ3n) is 3.07. The summed E-state index contributed by atoms with van der Waals surface area (Å²) in [5.74, 6) is -1.63. The lowest BCUT2D eigenvalue weighted by molar-refractivity contribution is -0.138. The molecule has 21 heavy (non-hydrogen) atoms. The number of carboxylic acid groups (broad SMARTS) is 1. The molecule has 0 saturated heterocycles. The van der Waals surface area contributed by atoms with E-state index in [4.69, 9.17) is 5.11 Å². The van der Waals surface area contributed by atoms with Crippen molar-refractivity contribution in [2.75, 3.05) is 13.1 Å². The predicted molar refractivity (Wildman–Crippen MR) is 77.8 cm³/mol. The summed E-state index contributed by atoms with van der Waals surface area (Å²) in [5.41, 5.74) is 0.489. The maximum Gasteiger partial charge on any atom is 0.303 e. The normalized spacial score (nSPS) is 11.5. The topological polar surface area (TPSA) is 95.5 Å². The minimum Gasteiger partial charge on any atom is -0.481 e. The van der Waals surface area contributed by atoms with Gasteiger partial charge in [-0.15, -0.1) is 0 Å². The van der Waals surface area contributed by atoms with Gasteiger partial charge >= 0.3 is 5.97 Å². The highest BCUT2D eigenvalue weighted by Crippen LogP contribution is 2.06. The molecule has 0 bridgehead atoms. The summed E-state index contributed by atoms with van der Waals surface area (Å²) in [4.78, 5) is 33.9. The third kappa shape index (κ3) is 6.56. The summed E-state index contributed by atoms with van der Waals surface area (Å²) >= 11 is 0. The molecule has 1 atom stereocenters. The molecule has 6 nitrogen and oxygen atoms in total. The van der Waals surface area contributed by atoms with Crippen LogP contribution in [0.2, 0.25) is 0 Å². The zero-order chi connectivity index (χ0) is 15.7. The minimum absolute atomic E-state index is 0.0210. The summed E-state index contributed by atoms with van der Waals surface area (Å²) in [5, 5.41) is 13.9. The maximum atomic E-state index is 11.7. The first-order valence-corrected chi connectivity index (χ1v) is 6.84. The van der Waals surface area contributed by atoms with E-state index in [2.05, 4.69) is 10.6 Å². The van der Waals surface area contributed by atoms with Crippen LogP contribution in [-0.2, 0) is 9.59 Å². The van der Waals surface area contributed by atoms with E-state index in [9.17, 15) is 14.4 Å². The number of hydrogen-bond acceptors (Lipinski definition) is 3. The molecule has 2 amide bonds. The van der Waals surface area contributed by atoms with Gasteiger partial charge in [-0.2, -0.15) is 0 Å². The van der Waals surface area contributed by atoms with Crippen molar-refractivity contribution in [3.05, 3.63) is 35.9 Å². The minimum atomic E-state index is -0.881. The fourth-order valence-corrected chi connectivity index (χ4v) is 1.78. The molecule has 0 fully saturated rings. The maximum absolute atomic E-state index is 11.7. The van der Waals surface area contributed by atoms with Crippen LogP contribution < -0.4 is 10.6 Å². The average molecular weight is 292 g/mol. The van der Waals surface area contributed by atoms with Crippen LogP contribution in [0.4, 0.5) is 0 Å². The lowest BCUT2D eigenvalue weighted by Gasteiger charge is -2.13. The van der Waals surface area contributed by atoms with E-state index in [1.807, 2.05) is 6.92 Å². The Morgan fingerprint density at radius 2 is 1.81 bits per heavy atom. The number of carbonyl (C=O) groups is 3. The molecular formula is C15H20N2O4. The van der Waals surface area contributed by atoms with Gasteiger partial charge in [-0.1, -0.05) is 31.5 Å². The van der Waals surface area contributed by atoms with Gasteiger partial charge in [0.15, 0.2) is 0 Å². The highest BCUT2D eigenvalue weighted by atomic mass is 16.4. The van der Waals surface area contributed by atoms with Crippen molar-refractivity contribution < 1.29 is 19.5 Å². The zero-order valence-corrected chi connectivity index (χ0v) is 12.0. The second kappa shape index (κ2) is 8.73. The quantitative estimate of drug-likeness (QED) is 0.667. The lowest BCUT2D eigenvalue weighted by Crippen LogP contribution is -2.39. The Morgan fingerprint density at radius 1 is 1.14 bits per heavy atom. The van der Waals surface area contributed by atoms with Crippen LogP contribution in [0.5, 0.6) is 0 Å². The molecule has 0 spiro atoms. The first-order valence-electron chi connectivity index (χ1n) is 6.84. The molecular weight excluding hydrogens is 272 g/mol. The van der Waals surface area contributed by atoms with Crippen LogP contribution >= 0.6 is 0 Å². The molecule has 1 aromatic carbocycles. The third-order valence-corrected chi connectivity index (χ3v) is 3.07. The fourth-order valence-electron chi connectivity index (χ4n) is 1.78. The Labute approximate surface area is 123 Å².